The van der Waals surface area contributed by atoms with Crippen LogP contribution in [0.15, 0.2) is 42.7 Å². The van der Waals surface area contributed by atoms with Crippen LogP contribution >= 0.6 is 11.6 Å². The Bertz CT molecular complexity index is 970. The van der Waals surface area contributed by atoms with Crippen LogP contribution in [0.5, 0.6) is 0 Å². The van der Waals surface area contributed by atoms with Gasteiger partial charge in [0, 0.05) is 28.4 Å². The van der Waals surface area contributed by atoms with Crippen molar-refractivity contribution in [1.29, 1.82) is 0 Å². The Morgan fingerprint density at radius 3 is 2.76 bits per heavy atom. The monoisotopic (exact) mass is 349 g/mol. The number of aryl methyl sites for hydroxylation is 2. The highest BCUT2D eigenvalue weighted by Gasteiger charge is 2.07. The molecule has 3 rings (SSSR count). The summed E-state index contributed by atoms with van der Waals surface area (Å²) >= 11 is 5.98. The van der Waals surface area contributed by atoms with Crippen LogP contribution in [0.3, 0.4) is 0 Å². The van der Waals surface area contributed by atoms with Crippen LogP contribution in [-0.4, -0.2) is 16.0 Å². The molecule has 4 heteroatoms. The van der Waals surface area contributed by atoms with E-state index in [1.165, 1.54) is 0 Å². The van der Waals surface area contributed by atoms with Crippen LogP contribution in [0, 0.1) is 25.7 Å². The fourth-order valence-electron chi connectivity index (χ4n) is 2.70. The maximum absolute atomic E-state index is 5.98. The first-order valence-electron chi connectivity index (χ1n) is 8.26. The highest BCUT2D eigenvalue weighted by molar-refractivity contribution is 6.30. The number of nitrogens with one attached hydrogen (secondary N) is 1. The summed E-state index contributed by atoms with van der Waals surface area (Å²) in [6.07, 6.45) is 2.33. The van der Waals surface area contributed by atoms with Gasteiger partial charge in [-0.25, -0.2) is 9.97 Å². The quantitative estimate of drug-likeness (QED) is 0.665. The molecule has 0 spiro atoms. The van der Waals surface area contributed by atoms with Gasteiger partial charge in [0.1, 0.15) is 12.1 Å². The minimum Gasteiger partial charge on any atom is -0.366 e. The molecule has 1 N–H and O–H groups in total. The first-order chi connectivity index (χ1) is 12.0. The third kappa shape index (κ3) is 4.10. The molecule has 0 radical (unpaired) electrons. The number of halogens is 1. The van der Waals surface area contributed by atoms with E-state index in [-0.39, 0.29) is 6.04 Å². The summed E-state index contributed by atoms with van der Waals surface area (Å²) in [7, 11) is 0. The van der Waals surface area contributed by atoms with Crippen molar-refractivity contribution in [2.45, 2.75) is 33.2 Å². The number of aromatic nitrogens is 2. The Hall–Kier alpha value is -2.57. The fourth-order valence-corrected chi connectivity index (χ4v) is 2.93. The molecule has 1 aromatic heterocycles. The molecular weight excluding hydrogens is 330 g/mol. The van der Waals surface area contributed by atoms with Crippen molar-refractivity contribution in [1.82, 2.24) is 9.97 Å². The maximum atomic E-state index is 5.98. The number of nitrogens with zero attached hydrogens (tertiary/aromatic N) is 2. The summed E-state index contributed by atoms with van der Waals surface area (Å²) in [5, 5.41) is 5.23. The molecule has 25 heavy (non-hydrogen) atoms. The maximum Gasteiger partial charge on any atom is 0.137 e. The van der Waals surface area contributed by atoms with Crippen LogP contribution < -0.4 is 5.32 Å². The number of benzene rings is 2. The lowest BCUT2D eigenvalue weighted by atomic mass is 10.1. The van der Waals surface area contributed by atoms with Crippen LogP contribution in [0.2, 0.25) is 5.02 Å². The molecule has 126 valence electrons. The van der Waals surface area contributed by atoms with Gasteiger partial charge in [-0.2, -0.15) is 0 Å². The van der Waals surface area contributed by atoms with Crippen molar-refractivity contribution in [3.8, 4) is 11.8 Å². The first-order valence-corrected chi connectivity index (χ1v) is 8.64. The Morgan fingerprint density at radius 2 is 1.96 bits per heavy atom. The molecule has 0 amide bonds. The molecule has 2 aromatic carbocycles. The summed E-state index contributed by atoms with van der Waals surface area (Å²) in [5.74, 6) is 7.32. The zero-order chi connectivity index (χ0) is 17.8. The van der Waals surface area contributed by atoms with Crippen LogP contribution in [0.1, 0.15) is 30.0 Å². The third-order valence-electron chi connectivity index (χ3n) is 4.07. The number of rotatable bonds is 3. The molecule has 0 aliphatic carbocycles. The third-order valence-corrected chi connectivity index (χ3v) is 4.30. The summed E-state index contributed by atoms with van der Waals surface area (Å²) < 4.78 is 0. The van der Waals surface area contributed by atoms with Gasteiger partial charge in [-0.15, -0.1) is 0 Å². The number of fused-ring (bicyclic) bond motifs is 1. The molecule has 0 saturated heterocycles. The van der Waals surface area contributed by atoms with Gasteiger partial charge in [0.05, 0.1) is 5.52 Å². The molecule has 0 saturated carbocycles. The van der Waals surface area contributed by atoms with E-state index in [0.717, 1.165) is 44.9 Å². The van der Waals surface area contributed by atoms with Crippen LogP contribution in [0.25, 0.3) is 10.9 Å². The molecule has 0 fully saturated rings. The molecule has 1 unspecified atom stereocenters. The highest BCUT2D eigenvalue weighted by atomic mass is 35.5. The SMILES string of the molecule is Cc1cc(Cl)ccc1C#CCC(C)Nc1ncnc2c(C)cccc12. The normalized spacial score (nSPS) is 11.7. The van der Waals surface area contributed by atoms with E-state index in [4.69, 9.17) is 11.6 Å². The fraction of sp³-hybridized carbons (Fsp3) is 0.238. The van der Waals surface area contributed by atoms with Gasteiger partial charge >= 0.3 is 0 Å². The van der Waals surface area contributed by atoms with Crippen molar-refractivity contribution in [3.63, 3.8) is 0 Å². The van der Waals surface area contributed by atoms with Crippen LogP contribution in [-0.2, 0) is 0 Å². The molecule has 1 heterocycles. The summed E-state index contributed by atoms with van der Waals surface area (Å²) in [6, 6.07) is 12.1. The van der Waals surface area contributed by atoms with Gasteiger partial charge in [0.2, 0.25) is 0 Å². The Morgan fingerprint density at radius 1 is 1.12 bits per heavy atom. The van der Waals surface area contributed by atoms with Crippen molar-refractivity contribution < 1.29 is 0 Å². The Kier molecular flexibility index (Phi) is 5.21. The molecule has 0 aliphatic rings. The second kappa shape index (κ2) is 7.55. The average molecular weight is 350 g/mol. The van der Waals surface area contributed by atoms with E-state index in [1.807, 2.05) is 37.3 Å². The lowest BCUT2D eigenvalue weighted by Crippen LogP contribution is -2.15. The number of para-hydroxylation sites is 1. The average Bonchev–Trinajstić information content (AvgIpc) is 2.58. The molecular formula is C21H20ClN3. The second-order valence-electron chi connectivity index (χ2n) is 6.20. The molecule has 1 atom stereocenters. The zero-order valence-electron chi connectivity index (χ0n) is 14.6. The predicted molar refractivity (Wildman–Crippen MR) is 105 cm³/mol. The molecule has 0 aliphatic heterocycles. The van der Waals surface area contributed by atoms with E-state index < -0.39 is 0 Å². The second-order valence-corrected chi connectivity index (χ2v) is 6.64. The Labute approximate surface area is 153 Å². The van der Waals surface area contributed by atoms with Crippen molar-refractivity contribution >= 4 is 28.3 Å². The minimum atomic E-state index is 0.179. The van der Waals surface area contributed by atoms with E-state index in [2.05, 4.69) is 47.0 Å². The van der Waals surface area contributed by atoms with Crippen molar-refractivity contribution in [2.75, 3.05) is 5.32 Å². The van der Waals surface area contributed by atoms with Crippen LogP contribution in [0.4, 0.5) is 5.82 Å². The van der Waals surface area contributed by atoms with Gasteiger partial charge < -0.3 is 5.32 Å². The van der Waals surface area contributed by atoms with E-state index >= 15 is 0 Å². The smallest absolute Gasteiger partial charge is 0.137 e. The van der Waals surface area contributed by atoms with Crippen molar-refractivity contribution in [3.05, 3.63) is 64.4 Å². The van der Waals surface area contributed by atoms with Gasteiger partial charge in [-0.1, -0.05) is 35.6 Å². The van der Waals surface area contributed by atoms with Gasteiger partial charge in [-0.3, -0.25) is 0 Å². The van der Waals surface area contributed by atoms with E-state index in [0.29, 0.717) is 0 Å². The predicted octanol–water partition coefficient (Wildman–Crippen LogP) is 5.14. The largest absolute Gasteiger partial charge is 0.366 e. The zero-order valence-corrected chi connectivity index (χ0v) is 15.4. The standard InChI is InChI=1S/C21H20ClN3/c1-14-6-4-9-19-20(14)23-13-24-21(19)25-16(3)7-5-8-17-10-11-18(22)12-15(17)2/h4,6,9-13,16H,7H2,1-3H3,(H,23,24,25). The highest BCUT2D eigenvalue weighted by Crippen LogP contribution is 2.22. The number of anilines is 1. The van der Waals surface area contributed by atoms with Gasteiger partial charge in [-0.05, 0) is 56.2 Å². The summed E-state index contributed by atoms with van der Waals surface area (Å²) in [5.41, 5.74) is 4.24. The van der Waals surface area contributed by atoms with Crippen molar-refractivity contribution in [2.24, 2.45) is 0 Å². The van der Waals surface area contributed by atoms with Gasteiger partial charge in [0.15, 0.2) is 0 Å². The molecule has 3 nitrogen and oxygen atoms in total. The minimum absolute atomic E-state index is 0.179. The number of hydrogen-bond acceptors (Lipinski definition) is 3. The lowest BCUT2D eigenvalue weighted by molar-refractivity contribution is 0.822. The summed E-state index contributed by atoms with van der Waals surface area (Å²) in [4.78, 5) is 8.77. The van der Waals surface area contributed by atoms with E-state index in [1.54, 1.807) is 6.33 Å². The topological polar surface area (TPSA) is 37.8 Å². The Balaban J connectivity index is 1.73. The lowest BCUT2D eigenvalue weighted by Gasteiger charge is -2.13. The molecule has 3 aromatic rings. The number of hydrogen-bond donors (Lipinski definition) is 1. The first kappa shape index (κ1) is 17.3. The molecule has 0 bridgehead atoms. The summed E-state index contributed by atoms with van der Waals surface area (Å²) in [6.45, 7) is 6.18. The van der Waals surface area contributed by atoms with Gasteiger partial charge in [0.25, 0.3) is 0 Å². The van der Waals surface area contributed by atoms with E-state index in [9.17, 15) is 0 Å².